The van der Waals surface area contributed by atoms with Gasteiger partial charge in [0.15, 0.2) is 0 Å². The highest BCUT2D eigenvalue weighted by molar-refractivity contribution is 6.09. The van der Waals surface area contributed by atoms with E-state index < -0.39 is 0 Å². The summed E-state index contributed by atoms with van der Waals surface area (Å²) in [6.07, 6.45) is 7.00. The molecule has 4 nitrogen and oxygen atoms in total. The topological polar surface area (TPSA) is 50.0 Å². The highest BCUT2D eigenvalue weighted by Crippen LogP contribution is 2.38. The van der Waals surface area contributed by atoms with E-state index in [4.69, 9.17) is 4.98 Å². The van der Waals surface area contributed by atoms with Gasteiger partial charge in [-0.3, -0.25) is 4.98 Å². The third kappa shape index (κ3) is 3.09. The molecule has 1 aromatic heterocycles. The number of aryl methyl sites for hydroxylation is 1. The minimum atomic E-state index is 0.393. The van der Waals surface area contributed by atoms with Crippen molar-refractivity contribution in [1.82, 2.24) is 4.98 Å². The van der Waals surface area contributed by atoms with Gasteiger partial charge in [0.1, 0.15) is 6.54 Å². The van der Waals surface area contributed by atoms with Gasteiger partial charge in [-0.1, -0.05) is 50.6 Å². The van der Waals surface area contributed by atoms with E-state index in [0.717, 1.165) is 25.0 Å². The number of aromatic nitrogens is 1. The van der Waals surface area contributed by atoms with Crippen LogP contribution in [0.15, 0.2) is 45.8 Å². The van der Waals surface area contributed by atoms with Crippen LogP contribution >= 0.6 is 0 Å². The quantitative estimate of drug-likeness (QED) is 0.655. The average Bonchev–Trinajstić information content (AvgIpc) is 3.11. The summed E-state index contributed by atoms with van der Waals surface area (Å²) in [5.74, 6) is 0.393. The van der Waals surface area contributed by atoms with Crippen molar-refractivity contribution in [3.8, 4) is 11.1 Å². The Morgan fingerprint density at radius 3 is 2.54 bits per heavy atom. The average molecular weight is 346 g/mol. The molecule has 1 aromatic carbocycles. The van der Waals surface area contributed by atoms with Crippen molar-refractivity contribution in [2.45, 2.75) is 58.3 Å². The van der Waals surface area contributed by atoms with Crippen LogP contribution in [0.3, 0.4) is 0 Å². The molecule has 134 valence electrons. The van der Waals surface area contributed by atoms with Crippen molar-refractivity contribution < 1.29 is 0 Å². The molecule has 2 aliphatic rings. The molecule has 1 atom stereocenters. The molecule has 1 aliphatic carbocycles. The first-order valence-electron chi connectivity index (χ1n) is 9.84. The first-order chi connectivity index (χ1) is 12.8. The number of hydrogen-bond acceptors (Lipinski definition) is 4. The lowest BCUT2D eigenvalue weighted by molar-refractivity contribution is 0.689. The van der Waals surface area contributed by atoms with Gasteiger partial charge in [0.25, 0.3) is 0 Å². The summed E-state index contributed by atoms with van der Waals surface area (Å²) in [6.45, 7) is 5.06. The molecule has 0 N–H and O–H groups in total. The second kappa shape index (κ2) is 7.48. The summed E-state index contributed by atoms with van der Waals surface area (Å²) in [7, 11) is 0. The predicted octanol–water partition coefficient (Wildman–Crippen LogP) is 5.70. The van der Waals surface area contributed by atoms with Gasteiger partial charge in [-0.25, -0.2) is 0 Å². The van der Waals surface area contributed by atoms with Crippen LogP contribution in [0.25, 0.3) is 11.1 Å². The minimum Gasteiger partial charge on any atom is -0.257 e. The number of nitrogens with zero attached hydrogens (tertiary/aromatic N) is 4. The maximum atomic E-state index is 5.21. The Bertz CT molecular complexity index is 852. The van der Waals surface area contributed by atoms with E-state index in [1.807, 2.05) is 0 Å². The van der Waals surface area contributed by atoms with Gasteiger partial charge in [0.05, 0.1) is 11.4 Å². The third-order valence-electron chi connectivity index (χ3n) is 5.63. The molecule has 0 saturated heterocycles. The Kier molecular flexibility index (Phi) is 4.91. The van der Waals surface area contributed by atoms with E-state index in [9.17, 15) is 0 Å². The Balaban J connectivity index is 2.04. The number of pyridine rings is 1. The van der Waals surface area contributed by atoms with Crippen molar-refractivity contribution in [3.63, 3.8) is 0 Å². The first kappa shape index (κ1) is 17.1. The first-order valence-corrected chi connectivity index (χ1v) is 9.84. The van der Waals surface area contributed by atoms with E-state index in [0.29, 0.717) is 12.5 Å². The highest BCUT2D eigenvalue weighted by atomic mass is 15.4. The molecule has 4 rings (SSSR count). The molecule has 4 heteroatoms. The Morgan fingerprint density at radius 2 is 1.81 bits per heavy atom. The summed E-state index contributed by atoms with van der Waals surface area (Å²) in [5.41, 5.74) is 8.66. The lowest BCUT2D eigenvalue weighted by atomic mass is 9.85. The molecule has 2 heterocycles. The smallest absolute Gasteiger partial charge is 0.107 e. The number of rotatable bonds is 4. The monoisotopic (exact) mass is 346 g/mol. The zero-order valence-electron chi connectivity index (χ0n) is 15.7. The summed E-state index contributed by atoms with van der Waals surface area (Å²) < 4.78 is 0. The fourth-order valence-corrected chi connectivity index (χ4v) is 4.05. The summed E-state index contributed by atoms with van der Waals surface area (Å²) in [4.78, 5) is 5.21. The van der Waals surface area contributed by atoms with E-state index in [1.165, 1.54) is 52.9 Å². The number of fused-ring (bicyclic) bond motifs is 1. The van der Waals surface area contributed by atoms with E-state index in [2.05, 4.69) is 59.6 Å². The Labute approximate surface area is 155 Å². The molecule has 0 saturated carbocycles. The molecule has 2 aromatic rings. The van der Waals surface area contributed by atoms with Gasteiger partial charge in [0.2, 0.25) is 0 Å². The fourth-order valence-electron chi connectivity index (χ4n) is 4.05. The van der Waals surface area contributed by atoms with Gasteiger partial charge < -0.3 is 0 Å². The fraction of sp³-hybridized carbons (Fsp3) is 0.455. The summed E-state index contributed by atoms with van der Waals surface area (Å²) in [5, 5.41) is 12.4. The standard InChI is InChI=1S/C22H26N4/c1-3-15(2)22-21(19-14-23-26-25-19)20(16-10-6-4-7-11-16)17-12-8-5-9-13-18(17)24-22/h4,6-7,10-11,15H,3,5,8-9,12-14H2,1-2H3. The molecule has 0 amide bonds. The number of hydrogen-bond donors (Lipinski definition) is 0. The largest absolute Gasteiger partial charge is 0.257 e. The van der Waals surface area contributed by atoms with Crippen LogP contribution in [0, 0.1) is 0 Å². The van der Waals surface area contributed by atoms with Crippen molar-refractivity contribution in [2.75, 3.05) is 6.54 Å². The molecular formula is C22H26N4. The molecule has 1 aliphatic heterocycles. The molecule has 26 heavy (non-hydrogen) atoms. The van der Waals surface area contributed by atoms with Gasteiger partial charge in [0, 0.05) is 11.3 Å². The number of benzene rings is 1. The van der Waals surface area contributed by atoms with Crippen LogP contribution < -0.4 is 0 Å². The van der Waals surface area contributed by atoms with E-state index >= 15 is 0 Å². The van der Waals surface area contributed by atoms with Crippen molar-refractivity contribution in [3.05, 3.63) is 52.8 Å². The highest BCUT2D eigenvalue weighted by Gasteiger charge is 2.27. The molecule has 0 spiro atoms. The van der Waals surface area contributed by atoms with Crippen LogP contribution in [-0.4, -0.2) is 17.2 Å². The lowest BCUT2D eigenvalue weighted by Gasteiger charge is -2.23. The maximum absolute atomic E-state index is 5.21. The lowest BCUT2D eigenvalue weighted by Crippen LogP contribution is -2.16. The van der Waals surface area contributed by atoms with Crippen molar-refractivity contribution in [2.24, 2.45) is 15.4 Å². The minimum absolute atomic E-state index is 0.393. The van der Waals surface area contributed by atoms with Crippen LogP contribution in [0.4, 0.5) is 0 Å². The maximum Gasteiger partial charge on any atom is 0.107 e. The SMILES string of the molecule is CCC(C)c1nc2c(c(-c3ccccc3)c1C1=NN=NC1)CCCCC2. The zero-order chi connectivity index (χ0) is 17.9. The molecule has 0 bridgehead atoms. The van der Waals surface area contributed by atoms with Crippen LogP contribution in [-0.2, 0) is 12.8 Å². The Hall–Kier alpha value is -2.36. The van der Waals surface area contributed by atoms with Gasteiger partial charge >= 0.3 is 0 Å². The second-order valence-corrected chi connectivity index (χ2v) is 7.34. The van der Waals surface area contributed by atoms with Gasteiger partial charge in [-0.15, -0.1) is 5.10 Å². The zero-order valence-corrected chi connectivity index (χ0v) is 15.7. The van der Waals surface area contributed by atoms with Crippen molar-refractivity contribution in [1.29, 1.82) is 0 Å². The second-order valence-electron chi connectivity index (χ2n) is 7.34. The normalized spacial score (nSPS) is 17.5. The molecule has 1 unspecified atom stereocenters. The van der Waals surface area contributed by atoms with Crippen molar-refractivity contribution >= 4 is 5.71 Å². The van der Waals surface area contributed by atoms with E-state index in [1.54, 1.807) is 0 Å². The molecular weight excluding hydrogens is 320 g/mol. The summed E-state index contributed by atoms with van der Waals surface area (Å²) >= 11 is 0. The van der Waals surface area contributed by atoms with Crippen LogP contribution in [0.1, 0.15) is 68.0 Å². The van der Waals surface area contributed by atoms with Gasteiger partial charge in [-0.05, 0) is 59.9 Å². The summed E-state index contributed by atoms with van der Waals surface area (Å²) in [6, 6.07) is 10.8. The molecule has 0 fully saturated rings. The van der Waals surface area contributed by atoms with E-state index in [-0.39, 0.29) is 0 Å². The van der Waals surface area contributed by atoms with Crippen LogP contribution in [0.2, 0.25) is 0 Å². The van der Waals surface area contributed by atoms with Crippen LogP contribution in [0.5, 0.6) is 0 Å². The Morgan fingerprint density at radius 1 is 1.00 bits per heavy atom. The molecule has 0 radical (unpaired) electrons. The van der Waals surface area contributed by atoms with Gasteiger partial charge in [-0.2, -0.15) is 5.11 Å². The predicted molar refractivity (Wildman–Crippen MR) is 106 cm³/mol. The third-order valence-corrected chi connectivity index (χ3v) is 5.63.